The largest absolute Gasteiger partial charge is 0.447 e. The van der Waals surface area contributed by atoms with E-state index in [-0.39, 0.29) is 35.6 Å². The van der Waals surface area contributed by atoms with Gasteiger partial charge in [0.2, 0.25) is 10.0 Å². The van der Waals surface area contributed by atoms with Gasteiger partial charge in [-0.3, -0.25) is 5.10 Å². The number of aromatic amines is 1. The van der Waals surface area contributed by atoms with Gasteiger partial charge in [0.1, 0.15) is 0 Å². The summed E-state index contributed by atoms with van der Waals surface area (Å²) in [5.74, 6) is 0.277. The number of nitrogens with zero attached hydrogens (tertiary/aromatic N) is 2. The summed E-state index contributed by atoms with van der Waals surface area (Å²) in [4.78, 5) is 17.6. The third-order valence-corrected chi connectivity index (χ3v) is 8.70. The summed E-state index contributed by atoms with van der Waals surface area (Å²) in [7, 11) is -3.72. The van der Waals surface area contributed by atoms with Crippen LogP contribution in [-0.2, 0) is 14.8 Å². The maximum atomic E-state index is 13.1. The standard InChI is InChI=1S/C24H32N6O4S2/c1-4-28-36(32,33)22-11-18(29-19-12-26-27-13-19)9-10-20(22)21-14-25-23(35-21)16-5-7-17(8-6-16)30-24(31)34-15(2)3/h9-17,28-29H,4-8H2,1-3H3,(H,26,27)(H,30,31)/t16-,17-. The minimum Gasteiger partial charge on any atom is -0.447 e. The van der Waals surface area contributed by atoms with E-state index in [0.29, 0.717) is 11.3 Å². The minimum atomic E-state index is -3.72. The maximum Gasteiger partial charge on any atom is 0.407 e. The summed E-state index contributed by atoms with van der Waals surface area (Å²) in [6.45, 7) is 5.70. The first-order valence-corrected chi connectivity index (χ1v) is 14.4. The first-order chi connectivity index (χ1) is 17.2. The van der Waals surface area contributed by atoms with Gasteiger partial charge in [-0.25, -0.2) is 22.9 Å². The van der Waals surface area contributed by atoms with Crippen LogP contribution in [0.3, 0.4) is 0 Å². The topological polar surface area (TPSA) is 138 Å². The first kappa shape index (κ1) is 26.1. The summed E-state index contributed by atoms with van der Waals surface area (Å²) in [6.07, 6.45) is 8.05. The number of benzene rings is 1. The van der Waals surface area contributed by atoms with Gasteiger partial charge in [-0.05, 0) is 51.7 Å². The van der Waals surface area contributed by atoms with Crippen molar-refractivity contribution in [3.05, 3.63) is 41.8 Å². The van der Waals surface area contributed by atoms with E-state index in [0.717, 1.165) is 41.3 Å². The summed E-state index contributed by atoms with van der Waals surface area (Å²) in [5, 5.41) is 13.7. The molecule has 0 bridgehead atoms. The van der Waals surface area contributed by atoms with Gasteiger partial charge in [-0.15, -0.1) is 11.3 Å². The van der Waals surface area contributed by atoms with Gasteiger partial charge in [-0.1, -0.05) is 13.0 Å². The van der Waals surface area contributed by atoms with Crippen molar-refractivity contribution < 1.29 is 17.9 Å². The van der Waals surface area contributed by atoms with E-state index in [9.17, 15) is 13.2 Å². The normalized spacial score (nSPS) is 18.2. The van der Waals surface area contributed by atoms with E-state index in [2.05, 4.69) is 30.5 Å². The lowest BCUT2D eigenvalue weighted by Gasteiger charge is -2.28. The van der Waals surface area contributed by atoms with Crippen molar-refractivity contribution >= 4 is 38.8 Å². The van der Waals surface area contributed by atoms with Crippen LogP contribution in [0.4, 0.5) is 16.2 Å². The zero-order valence-corrected chi connectivity index (χ0v) is 22.2. The highest BCUT2D eigenvalue weighted by atomic mass is 32.2. The predicted molar refractivity (Wildman–Crippen MR) is 140 cm³/mol. The van der Waals surface area contributed by atoms with E-state index in [1.54, 1.807) is 31.6 Å². The number of carbonyl (C=O) groups is 1. The molecule has 1 aliphatic rings. The number of rotatable bonds is 9. The molecule has 1 aromatic carbocycles. The monoisotopic (exact) mass is 532 g/mol. The smallest absolute Gasteiger partial charge is 0.407 e. The average molecular weight is 533 g/mol. The van der Waals surface area contributed by atoms with Crippen molar-refractivity contribution in [2.75, 3.05) is 11.9 Å². The number of aromatic nitrogens is 3. The van der Waals surface area contributed by atoms with Gasteiger partial charge < -0.3 is 15.4 Å². The summed E-state index contributed by atoms with van der Waals surface area (Å²) < 4.78 is 33.9. The average Bonchev–Trinajstić information content (AvgIpc) is 3.51. The van der Waals surface area contributed by atoms with Crippen LogP contribution in [0.1, 0.15) is 57.4 Å². The Kier molecular flexibility index (Phi) is 8.27. The molecular weight excluding hydrogens is 500 g/mol. The van der Waals surface area contributed by atoms with Crippen LogP contribution < -0.4 is 15.4 Å². The molecule has 3 aromatic rings. The van der Waals surface area contributed by atoms with E-state index >= 15 is 0 Å². The second kappa shape index (κ2) is 11.4. The molecule has 0 aliphatic heterocycles. The molecule has 2 aromatic heterocycles. The number of thiazole rings is 1. The molecule has 0 spiro atoms. The van der Waals surface area contributed by atoms with Crippen molar-refractivity contribution in [1.82, 2.24) is 25.2 Å². The quantitative estimate of drug-likeness (QED) is 0.312. The SMILES string of the molecule is CCNS(=O)(=O)c1cc(Nc2cn[nH]c2)ccc1-c1cnc([C@H]2CC[C@H](NC(=O)OC(C)C)CC2)s1. The Morgan fingerprint density at radius 1 is 1.19 bits per heavy atom. The number of anilines is 2. The fraction of sp³-hybridized carbons (Fsp3) is 0.458. The number of hydrogen-bond acceptors (Lipinski definition) is 8. The van der Waals surface area contributed by atoms with E-state index < -0.39 is 10.0 Å². The molecule has 4 rings (SSSR count). The highest BCUT2D eigenvalue weighted by molar-refractivity contribution is 7.89. The van der Waals surface area contributed by atoms with Crippen LogP contribution in [0.25, 0.3) is 10.4 Å². The Morgan fingerprint density at radius 3 is 2.64 bits per heavy atom. The number of H-pyrrole nitrogens is 1. The third-order valence-electron chi connectivity index (χ3n) is 5.92. The number of carbonyl (C=O) groups excluding carboxylic acids is 1. The van der Waals surface area contributed by atoms with Gasteiger partial charge in [0.15, 0.2) is 0 Å². The third kappa shape index (κ3) is 6.42. The van der Waals surface area contributed by atoms with Gasteiger partial charge >= 0.3 is 6.09 Å². The Labute approximate surface area is 215 Å². The molecule has 0 saturated heterocycles. The van der Waals surface area contributed by atoms with Crippen LogP contribution in [-0.4, -0.2) is 48.4 Å². The molecule has 194 valence electrons. The molecule has 1 fully saturated rings. The van der Waals surface area contributed by atoms with E-state index in [4.69, 9.17) is 4.74 Å². The molecule has 10 nitrogen and oxygen atoms in total. The predicted octanol–water partition coefficient (Wildman–Crippen LogP) is 4.74. The second-order valence-corrected chi connectivity index (χ2v) is 11.8. The van der Waals surface area contributed by atoms with Crippen molar-refractivity contribution in [3.8, 4) is 10.4 Å². The molecule has 1 amide bonds. The number of ether oxygens (including phenoxy) is 1. The molecular formula is C24H32N6O4S2. The lowest BCUT2D eigenvalue weighted by Crippen LogP contribution is -2.38. The molecule has 12 heteroatoms. The van der Waals surface area contributed by atoms with Crippen LogP contribution in [0.5, 0.6) is 0 Å². The van der Waals surface area contributed by atoms with Gasteiger partial charge in [-0.2, -0.15) is 5.10 Å². The van der Waals surface area contributed by atoms with Gasteiger partial charge in [0, 0.05) is 42.1 Å². The first-order valence-electron chi connectivity index (χ1n) is 12.1. The Balaban J connectivity index is 1.51. The zero-order valence-electron chi connectivity index (χ0n) is 20.6. The summed E-state index contributed by atoms with van der Waals surface area (Å²) >= 11 is 1.52. The van der Waals surface area contributed by atoms with Crippen molar-refractivity contribution in [3.63, 3.8) is 0 Å². The fourth-order valence-corrected chi connectivity index (χ4v) is 6.76. The van der Waals surface area contributed by atoms with Crippen molar-refractivity contribution in [1.29, 1.82) is 0 Å². The molecule has 0 unspecified atom stereocenters. The van der Waals surface area contributed by atoms with Crippen molar-refractivity contribution in [2.45, 2.75) is 69.4 Å². The Hall–Kier alpha value is -2.96. The minimum absolute atomic E-state index is 0.0964. The number of amides is 1. The molecule has 1 aliphatic carbocycles. The Morgan fingerprint density at radius 2 is 1.97 bits per heavy atom. The van der Waals surface area contributed by atoms with Crippen LogP contribution in [0.2, 0.25) is 0 Å². The lowest BCUT2D eigenvalue weighted by molar-refractivity contribution is 0.109. The Bertz CT molecular complexity index is 1270. The van der Waals surface area contributed by atoms with Crippen molar-refractivity contribution in [2.24, 2.45) is 0 Å². The van der Waals surface area contributed by atoms with E-state index in [1.807, 2.05) is 26.0 Å². The second-order valence-electron chi connectivity index (χ2n) is 9.03. The molecule has 36 heavy (non-hydrogen) atoms. The molecule has 1 saturated carbocycles. The number of hydrogen-bond donors (Lipinski definition) is 4. The molecule has 0 atom stereocenters. The fourth-order valence-electron chi connectivity index (χ4n) is 4.28. The summed E-state index contributed by atoms with van der Waals surface area (Å²) in [6, 6.07) is 5.39. The van der Waals surface area contributed by atoms with E-state index in [1.165, 1.54) is 11.3 Å². The summed E-state index contributed by atoms with van der Waals surface area (Å²) in [5.41, 5.74) is 1.99. The zero-order chi connectivity index (χ0) is 25.7. The van der Waals surface area contributed by atoms with Gasteiger partial charge in [0.25, 0.3) is 0 Å². The maximum absolute atomic E-state index is 13.1. The lowest BCUT2D eigenvalue weighted by atomic mass is 9.86. The van der Waals surface area contributed by atoms with Gasteiger partial charge in [0.05, 0.1) is 32.8 Å². The molecule has 2 heterocycles. The molecule has 0 radical (unpaired) electrons. The highest BCUT2D eigenvalue weighted by Crippen LogP contribution is 2.40. The highest BCUT2D eigenvalue weighted by Gasteiger charge is 2.27. The van der Waals surface area contributed by atoms with Crippen LogP contribution >= 0.6 is 11.3 Å². The van der Waals surface area contributed by atoms with Crippen LogP contribution in [0, 0.1) is 0 Å². The number of sulfonamides is 1. The van der Waals surface area contributed by atoms with Crippen LogP contribution in [0.15, 0.2) is 41.7 Å². The number of nitrogens with one attached hydrogen (secondary N) is 4. The molecule has 4 N–H and O–H groups in total. The number of alkyl carbamates (subject to hydrolysis) is 1.